The molecule has 0 spiro atoms. The number of amides is 2. The van der Waals surface area contributed by atoms with E-state index in [2.05, 4.69) is 10.6 Å². The van der Waals surface area contributed by atoms with Crippen molar-refractivity contribution in [3.05, 3.63) is 35.6 Å². The van der Waals surface area contributed by atoms with Gasteiger partial charge < -0.3 is 10.6 Å². The van der Waals surface area contributed by atoms with Crippen LogP contribution < -0.4 is 10.6 Å². The second-order valence-electron chi connectivity index (χ2n) is 3.61. The number of carbonyl (C=O) groups excluding carboxylic acids is 2. The molecule has 17 heavy (non-hydrogen) atoms. The van der Waals surface area contributed by atoms with Crippen LogP contribution in [0, 0.1) is 5.82 Å². The van der Waals surface area contributed by atoms with E-state index >= 15 is 0 Å². The van der Waals surface area contributed by atoms with E-state index in [-0.39, 0.29) is 17.6 Å². The normalized spacial score (nSPS) is 11.7. The van der Waals surface area contributed by atoms with E-state index in [1.165, 1.54) is 31.2 Å². The molecular weight excluding hydrogens is 223 g/mol. The van der Waals surface area contributed by atoms with Gasteiger partial charge in [-0.2, -0.15) is 0 Å². The molecule has 0 aliphatic carbocycles. The highest BCUT2D eigenvalue weighted by Gasteiger charge is 2.14. The largest absolute Gasteiger partial charge is 0.332 e. The van der Waals surface area contributed by atoms with Gasteiger partial charge in [-0.1, -0.05) is 19.1 Å². The smallest absolute Gasteiger partial charge is 0.221 e. The van der Waals surface area contributed by atoms with Crippen LogP contribution in [-0.2, 0) is 9.59 Å². The maximum Gasteiger partial charge on any atom is 0.221 e. The molecule has 0 aromatic heterocycles. The Morgan fingerprint density at radius 1 is 1.24 bits per heavy atom. The Kier molecular flexibility index (Phi) is 4.63. The van der Waals surface area contributed by atoms with E-state index in [4.69, 9.17) is 0 Å². The second kappa shape index (κ2) is 5.98. The van der Waals surface area contributed by atoms with Crippen molar-refractivity contribution >= 4 is 11.8 Å². The second-order valence-corrected chi connectivity index (χ2v) is 3.61. The van der Waals surface area contributed by atoms with Gasteiger partial charge in [0, 0.05) is 13.3 Å². The van der Waals surface area contributed by atoms with Gasteiger partial charge in [0.1, 0.15) is 12.0 Å². The number of benzene rings is 1. The van der Waals surface area contributed by atoms with Gasteiger partial charge in [-0.25, -0.2) is 4.39 Å². The van der Waals surface area contributed by atoms with E-state index in [1.54, 1.807) is 6.92 Å². The van der Waals surface area contributed by atoms with E-state index in [1.807, 2.05) is 0 Å². The van der Waals surface area contributed by atoms with Crippen LogP contribution in [0.3, 0.4) is 0 Å². The van der Waals surface area contributed by atoms with Gasteiger partial charge in [0.2, 0.25) is 11.8 Å². The van der Waals surface area contributed by atoms with Gasteiger partial charge >= 0.3 is 0 Å². The number of rotatable bonds is 4. The van der Waals surface area contributed by atoms with Crippen molar-refractivity contribution in [1.29, 1.82) is 0 Å². The van der Waals surface area contributed by atoms with E-state index in [9.17, 15) is 14.0 Å². The van der Waals surface area contributed by atoms with Crippen LogP contribution in [0.5, 0.6) is 0 Å². The zero-order valence-electron chi connectivity index (χ0n) is 9.79. The molecule has 0 saturated heterocycles. The predicted octanol–water partition coefficient (Wildman–Crippen LogP) is 1.49. The molecule has 1 rings (SSSR count). The Morgan fingerprint density at radius 3 is 2.29 bits per heavy atom. The maximum atomic E-state index is 12.8. The van der Waals surface area contributed by atoms with Gasteiger partial charge in [0.25, 0.3) is 0 Å². The van der Waals surface area contributed by atoms with E-state index < -0.39 is 6.17 Å². The molecule has 4 nitrogen and oxygen atoms in total. The topological polar surface area (TPSA) is 58.2 Å². The van der Waals surface area contributed by atoms with Crippen molar-refractivity contribution in [3.63, 3.8) is 0 Å². The third kappa shape index (κ3) is 4.22. The first-order valence-electron chi connectivity index (χ1n) is 5.35. The number of halogens is 1. The lowest BCUT2D eigenvalue weighted by Crippen LogP contribution is -2.39. The van der Waals surface area contributed by atoms with Crippen molar-refractivity contribution in [2.24, 2.45) is 0 Å². The van der Waals surface area contributed by atoms with Crippen LogP contribution in [-0.4, -0.2) is 11.8 Å². The molecule has 0 heterocycles. The highest BCUT2D eigenvalue weighted by atomic mass is 19.1. The lowest BCUT2D eigenvalue weighted by molar-refractivity contribution is -0.123. The lowest BCUT2D eigenvalue weighted by Gasteiger charge is -2.19. The van der Waals surface area contributed by atoms with Gasteiger partial charge in [-0.15, -0.1) is 0 Å². The van der Waals surface area contributed by atoms with Crippen LogP contribution >= 0.6 is 0 Å². The van der Waals surface area contributed by atoms with Crippen molar-refractivity contribution in [3.8, 4) is 0 Å². The number of nitrogens with one attached hydrogen (secondary N) is 2. The van der Waals surface area contributed by atoms with E-state index in [0.29, 0.717) is 12.0 Å². The highest BCUT2D eigenvalue weighted by molar-refractivity contribution is 5.78. The molecule has 5 heteroatoms. The fourth-order valence-corrected chi connectivity index (χ4v) is 1.32. The fraction of sp³-hybridized carbons (Fsp3) is 0.333. The summed E-state index contributed by atoms with van der Waals surface area (Å²) in [5, 5.41) is 5.23. The van der Waals surface area contributed by atoms with Crippen LogP contribution in [0.25, 0.3) is 0 Å². The molecule has 1 atom stereocenters. The molecule has 1 unspecified atom stereocenters. The molecule has 92 valence electrons. The van der Waals surface area contributed by atoms with E-state index in [0.717, 1.165) is 0 Å². The van der Waals surface area contributed by atoms with Crippen LogP contribution in [0.4, 0.5) is 4.39 Å². The molecule has 0 aliphatic rings. The quantitative estimate of drug-likeness (QED) is 0.781. The molecule has 2 amide bonds. The SMILES string of the molecule is CCC(=O)NC(NC(C)=O)c1ccc(F)cc1. The van der Waals surface area contributed by atoms with Crippen LogP contribution in [0.15, 0.2) is 24.3 Å². The minimum absolute atomic E-state index is 0.187. The lowest BCUT2D eigenvalue weighted by atomic mass is 10.1. The highest BCUT2D eigenvalue weighted by Crippen LogP contribution is 2.11. The summed E-state index contributed by atoms with van der Waals surface area (Å²) >= 11 is 0. The van der Waals surface area contributed by atoms with Crippen molar-refractivity contribution in [2.45, 2.75) is 26.4 Å². The summed E-state index contributed by atoms with van der Waals surface area (Å²) in [5.41, 5.74) is 0.628. The molecule has 0 bridgehead atoms. The summed E-state index contributed by atoms with van der Waals surface area (Å²) < 4.78 is 12.8. The zero-order valence-corrected chi connectivity index (χ0v) is 9.79. The number of carbonyl (C=O) groups is 2. The van der Waals surface area contributed by atoms with Crippen molar-refractivity contribution in [2.75, 3.05) is 0 Å². The molecule has 0 aliphatic heterocycles. The molecule has 0 fully saturated rings. The molecule has 1 aromatic carbocycles. The summed E-state index contributed by atoms with van der Waals surface area (Å²) in [7, 11) is 0. The molecule has 2 N–H and O–H groups in total. The Balaban J connectivity index is 2.85. The summed E-state index contributed by atoms with van der Waals surface area (Å²) in [6, 6.07) is 5.60. The third-order valence-electron chi connectivity index (χ3n) is 2.18. The van der Waals surface area contributed by atoms with Gasteiger partial charge in [0.05, 0.1) is 0 Å². The summed E-state index contributed by atoms with van der Waals surface area (Å²) in [6.07, 6.45) is -0.308. The Morgan fingerprint density at radius 2 is 1.82 bits per heavy atom. The first-order valence-corrected chi connectivity index (χ1v) is 5.35. The summed E-state index contributed by atoms with van der Waals surface area (Å²) in [5.74, 6) is -0.819. The third-order valence-corrected chi connectivity index (χ3v) is 2.18. The van der Waals surface area contributed by atoms with Crippen molar-refractivity contribution < 1.29 is 14.0 Å². The number of hydrogen-bond donors (Lipinski definition) is 2. The van der Waals surface area contributed by atoms with Gasteiger partial charge in [-0.05, 0) is 17.7 Å². The first kappa shape index (κ1) is 13.2. The standard InChI is InChI=1S/C12H15FN2O2/c1-3-11(17)15-12(14-8(2)16)9-4-6-10(13)7-5-9/h4-7,12H,3H2,1-2H3,(H,14,16)(H,15,17). The van der Waals surface area contributed by atoms with Crippen LogP contribution in [0.1, 0.15) is 32.0 Å². The molecule has 0 saturated carbocycles. The fourth-order valence-electron chi connectivity index (χ4n) is 1.32. The number of hydrogen-bond acceptors (Lipinski definition) is 2. The average Bonchev–Trinajstić information content (AvgIpc) is 2.28. The minimum Gasteiger partial charge on any atom is -0.332 e. The Bertz CT molecular complexity index is 403. The Hall–Kier alpha value is -1.91. The molecular formula is C12H15FN2O2. The summed E-state index contributed by atoms with van der Waals surface area (Å²) in [6.45, 7) is 3.07. The van der Waals surface area contributed by atoms with Crippen LogP contribution in [0.2, 0.25) is 0 Å². The zero-order chi connectivity index (χ0) is 12.8. The van der Waals surface area contributed by atoms with Crippen molar-refractivity contribution in [1.82, 2.24) is 10.6 Å². The maximum absolute atomic E-state index is 12.8. The van der Waals surface area contributed by atoms with Gasteiger partial charge in [-0.3, -0.25) is 9.59 Å². The average molecular weight is 238 g/mol. The van der Waals surface area contributed by atoms with Gasteiger partial charge in [0.15, 0.2) is 0 Å². The minimum atomic E-state index is -0.624. The summed E-state index contributed by atoms with van der Waals surface area (Å²) in [4.78, 5) is 22.3. The molecule has 1 aromatic rings. The monoisotopic (exact) mass is 238 g/mol. The predicted molar refractivity (Wildman–Crippen MR) is 61.4 cm³/mol. The first-order chi connectivity index (χ1) is 8.02. The Labute approximate surface area is 99.2 Å². The molecule has 0 radical (unpaired) electrons.